The van der Waals surface area contributed by atoms with Crippen LogP contribution in [0.15, 0.2) is 0 Å². The Morgan fingerprint density at radius 1 is 1.36 bits per heavy atom. The van der Waals surface area contributed by atoms with Crippen LogP contribution in [0.2, 0.25) is 0 Å². The third-order valence-corrected chi connectivity index (χ3v) is 3.56. The zero-order chi connectivity index (χ0) is 10.2. The summed E-state index contributed by atoms with van der Waals surface area (Å²) in [4.78, 5) is 2.37. The molecule has 2 rings (SSSR count). The molecular weight excluding hydrogens is 178 g/mol. The predicted octanol–water partition coefficient (Wildman–Crippen LogP) is -0.868. The number of aliphatic hydroxyl groups excluding tert-OH is 1. The molecule has 2 heterocycles. The fourth-order valence-electron chi connectivity index (χ4n) is 2.39. The molecule has 14 heavy (non-hydrogen) atoms. The summed E-state index contributed by atoms with van der Waals surface area (Å²) in [6.45, 7) is 5.82. The van der Waals surface area contributed by atoms with Gasteiger partial charge in [-0.05, 0) is 19.8 Å². The van der Waals surface area contributed by atoms with Crippen LogP contribution >= 0.6 is 0 Å². The molecule has 0 saturated carbocycles. The van der Waals surface area contributed by atoms with Crippen LogP contribution in [0.25, 0.3) is 0 Å². The van der Waals surface area contributed by atoms with Crippen LogP contribution < -0.4 is 11.1 Å². The SMILES string of the molecule is CC1(N)CCN([C@@H]2CNC[C@H]2O)CC1. The Bertz CT molecular complexity index is 198. The molecule has 82 valence electrons. The van der Waals surface area contributed by atoms with Crippen LogP contribution in [0, 0.1) is 0 Å². The van der Waals surface area contributed by atoms with Crippen molar-refractivity contribution in [2.24, 2.45) is 5.73 Å². The van der Waals surface area contributed by atoms with E-state index in [9.17, 15) is 5.11 Å². The molecule has 0 aromatic carbocycles. The Balaban J connectivity index is 1.89. The number of hydrogen-bond donors (Lipinski definition) is 3. The van der Waals surface area contributed by atoms with Crippen LogP contribution in [0.3, 0.4) is 0 Å². The Kier molecular flexibility index (Phi) is 2.79. The molecule has 0 bridgehead atoms. The largest absolute Gasteiger partial charge is 0.390 e. The van der Waals surface area contributed by atoms with Gasteiger partial charge in [-0.25, -0.2) is 0 Å². The molecule has 0 aromatic heterocycles. The minimum Gasteiger partial charge on any atom is -0.390 e. The molecular formula is C10H21N3O. The maximum absolute atomic E-state index is 9.74. The molecule has 4 heteroatoms. The average Bonchev–Trinajstić information content (AvgIpc) is 2.52. The fraction of sp³-hybridized carbons (Fsp3) is 1.00. The minimum atomic E-state index is -0.197. The van der Waals surface area contributed by atoms with Crippen molar-refractivity contribution in [3.8, 4) is 0 Å². The first-order chi connectivity index (χ1) is 6.58. The number of hydrogen-bond acceptors (Lipinski definition) is 4. The molecule has 4 nitrogen and oxygen atoms in total. The number of nitrogens with two attached hydrogens (primary N) is 1. The van der Waals surface area contributed by atoms with E-state index in [-0.39, 0.29) is 11.6 Å². The predicted molar refractivity (Wildman–Crippen MR) is 56.1 cm³/mol. The first kappa shape index (κ1) is 10.4. The van der Waals surface area contributed by atoms with Crippen molar-refractivity contribution in [2.45, 2.75) is 37.5 Å². The van der Waals surface area contributed by atoms with E-state index in [0.29, 0.717) is 6.04 Å². The number of likely N-dealkylation sites (tertiary alicyclic amines) is 1. The molecule has 0 unspecified atom stereocenters. The zero-order valence-corrected chi connectivity index (χ0v) is 8.87. The molecule has 0 amide bonds. The summed E-state index contributed by atoms with van der Waals surface area (Å²) in [5.41, 5.74) is 6.08. The van der Waals surface area contributed by atoms with Gasteiger partial charge in [0.25, 0.3) is 0 Å². The second-order valence-corrected chi connectivity index (χ2v) is 4.98. The van der Waals surface area contributed by atoms with Crippen molar-refractivity contribution < 1.29 is 5.11 Å². The van der Waals surface area contributed by atoms with Gasteiger partial charge < -0.3 is 16.2 Å². The molecule has 2 aliphatic heterocycles. The topological polar surface area (TPSA) is 61.5 Å². The monoisotopic (exact) mass is 199 g/mol. The van der Waals surface area contributed by atoms with Gasteiger partial charge >= 0.3 is 0 Å². The van der Waals surface area contributed by atoms with E-state index < -0.39 is 0 Å². The van der Waals surface area contributed by atoms with E-state index in [1.165, 1.54) is 0 Å². The number of β-amino-alcohol motifs (C(OH)–C–C–N with tert-alkyl or cyclic N) is 1. The highest BCUT2D eigenvalue weighted by Gasteiger charge is 2.34. The third kappa shape index (κ3) is 2.08. The summed E-state index contributed by atoms with van der Waals surface area (Å²) >= 11 is 0. The van der Waals surface area contributed by atoms with E-state index in [1.54, 1.807) is 0 Å². The maximum Gasteiger partial charge on any atom is 0.0831 e. The second-order valence-electron chi connectivity index (χ2n) is 4.98. The molecule has 2 aliphatic rings. The summed E-state index contributed by atoms with van der Waals surface area (Å²) in [6.07, 6.45) is 1.88. The Morgan fingerprint density at radius 3 is 2.50 bits per heavy atom. The van der Waals surface area contributed by atoms with E-state index in [2.05, 4.69) is 17.1 Å². The van der Waals surface area contributed by atoms with Crippen LogP contribution in [-0.4, -0.2) is 53.9 Å². The average molecular weight is 199 g/mol. The molecule has 2 fully saturated rings. The summed E-state index contributed by atoms with van der Waals surface area (Å²) < 4.78 is 0. The summed E-state index contributed by atoms with van der Waals surface area (Å²) in [5.74, 6) is 0. The second kappa shape index (κ2) is 3.77. The van der Waals surface area contributed by atoms with Gasteiger partial charge in [-0.15, -0.1) is 0 Å². The summed E-state index contributed by atoms with van der Waals surface area (Å²) in [5, 5.41) is 13.0. The number of piperidine rings is 1. The van der Waals surface area contributed by atoms with Crippen molar-refractivity contribution in [2.75, 3.05) is 26.2 Å². The smallest absolute Gasteiger partial charge is 0.0831 e. The molecule has 0 aromatic rings. The van der Waals surface area contributed by atoms with Gasteiger partial charge in [-0.2, -0.15) is 0 Å². The molecule has 2 saturated heterocycles. The van der Waals surface area contributed by atoms with Crippen molar-refractivity contribution in [1.29, 1.82) is 0 Å². The van der Waals surface area contributed by atoms with Gasteiger partial charge in [-0.1, -0.05) is 0 Å². The highest BCUT2D eigenvalue weighted by atomic mass is 16.3. The Morgan fingerprint density at radius 2 is 2.00 bits per heavy atom. The van der Waals surface area contributed by atoms with Crippen molar-refractivity contribution >= 4 is 0 Å². The number of aliphatic hydroxyl groups is 1. The molecule has 4 N–H and O–H groups in total. The lowest BCUT2D eigenvalue weighted by atomic mass is 9.90. The fourth-order valence-corrected chi connectivity index (χ4v) is 2.39. The standard InChI is InChI=1S/C10H21N3O/c1-10(11)2-4-13(5-3-10)8-6-12-7-9(8)14/h8-9,12,14H,2-7,11H2,1H3/t8-,9-/m1/s1. The summed E-state index contributed by atoms with van der Waals surface area (Å²) in [6, 6.07) is 0.311. The van der Waals surface area contributed by atoms with E-state index >= 15 is 0 Å². The molecule has 0 aliphatic carbocycles. The molecule has 0 spiro atoms. The normalized spacial score (nSPS) is 38.8. The van der Waals surface area contributed by atoms with Crippen molar-refractivity contribution in [1.82, 2.24) is 10.2 Å². The highest BCUT2D eigenvalue weighted by Crippen LogP contribution is 2.22. The van der Waals surface area contributed by atoms with Crippen molar-refractivity contribution in [3.63, 3.8) is 0 Å². The first-order valence-corrected chi connectivity index (χ1v) is 5.50. The van der Waals surface area contributed by atoms with Gasteiger partial charge in [0.1, 0.15) is 0 Å². The van der Waals surface area contributed by atoms with Crippen molar-refractivity contribution in [3.05, 3.63) is 0 Å². The van der Waals surface area contributed by atoms with Gasteiger partial charge in [0, 0.05) is 37.8 Å². The van der Waals surface area contributed by atoms with Crippen LogP contribution in [0.5, 0.6) is 0 Å². The quantitative estimate of drug-likeness (QED) is 0.514. The lowest BCUT2D eigenvalue weighted by molar-refractivity contribution is 0.0555. The Labute approximate surface area is 85.5 Å². The molecule has 0 radical (unpaired) electrons. The van der Waals surface area contributed by atoms with Crippen LogP contribution in [0.4, 0.5) is 0 Å². The molecule has 2 atom stereocenters. The number of nitrogens with zero attached hydrogens (tertiary/aromatic N) is 1. The van der Waals surface area contributed by atoms with Gasteiger partial charge in [0.15, 0.2) is 0 Å². The van der Waals surface area contributed by atoms with Gasteiger partial charge in [0.05, 0.1) is 6.10 Å². The van der Waals surface area contributed by atoms with E-state index in [0.717, 1.165) is 39.0 Å². The lowest BCUT2D eigenvalue weighted by Gasteiger charge is -2.40. The lowest BCUT2D eigenvalue weighted by Crippen LogP contribution is -2.53. The number of nitrogens with one attached hydrogen (secondary N) is 1. The Hall–Kier alpha value is -0.160. The minimum absolute atomic E-state index is 0.00743. The van der Waals surface area contributed by atoms with E-state index in [1.807, 2.05) is 0 Å². The third-order valence-electron chi connectivity index (χ3n) is 3.56. The highest BCUT2D eigenvalue weighted by molar-refractivity contribution is 4.94. The first-order valence-electron chi connectivity index (χ1n) is 5.50. The van der Waals surface area contributed by atoms with Gasteiger partial charge in [-0.3, -0.25) is 4.90 Å². The number of rotatable bonds is 1. The maximum atomic E-state index is 9.74. The van der Waals surface area contributed by atoms with E-state index in [4.69, 9.17) is 5.73 Å². The van der Waals surface area contributed by atoms with Crippen LogP contribution in [0.1, 0.15) is 19.8 Å². The zero-order valence-electron chi connectivity index (χ0n) is 8.87. The summed E-state index contributed by atoms with van der Waals surface area (Å²) in [7, 11) is 0. The van der Waals surface area contributed by atoms with Crippen LogP contribution in [-0.2, 0) is 0 Å². The van der Waals surface area contributed by atoms with Gasteiger partial charge in [0.2, 0.25) is 0 Å².